The minimum absolute atomic E-state index is 0.165. The zero-order valence-corrected chi connectivity index (χ0v) is 9.95. The Labute approximate surface area is 92.1 Å². The Morgan fingerprint density at radius 2 is 2.07 bits per heavy atom. The minimum Gasteiger partial charge on any atom is -0.378 e. The molecule has 1 aliphatic rings. The van der Waals surface area contributed by atoms with Crippen molar-refractivity contribution in [3.05, 3.63) is 11.6 Å². The van der Waals surface area contributed by atoms with E-state index >= 15 is 0 Å². The second-order valence-electron chi connectivity index (χ2n) is 4.14. The number of hydrogen-bond donors (Lipinski definition) is 0. The molecule has 1 atom stereocenters. The van der Waals surface area contributed by atoms with Gasteiger partial charge >= 0.3 is 0 Å². The molecule has 0 aromatic heterocycles. The summed E-state index contributed by atoms with van der Waals surface area (Å²) in [6.07, 6.45) is 3.14. The van der Waals surface area contributed by atoms with Crippen molar-refractivity contribution in [2.24, 2.45) is 5.92 Å². The highest BCUT2D eigenvalue weighted by atomic mass is 16.5. The molecule has 0 aromatic rings. The van der Waals surface area contributed by atoms with E-state index in [1.165, 1.54) is 0 Å². The van der Waals surface area contributed by atoms with E-state index in [-0.39, 0.29) is 5.91 Å². The lowest BCUT2D eigenvalue weighted by Crippen LogP contribution is -2.41. The van der Waals surface area contributed by atoms with E-state index < -0.39 is 0 Å². The quantitative estimate of drug-likeness (QED) is 0.667. The van der Waals surface area contributed by atoms with Gasteiger partial charge in [0.05, 0.1) is 13.2 Å². The van der Waals surface area contributed by atoms with Crippen LogP contribution in [0.2, 0.25) is 0 Å². The van der Waals surface area contributed by atoms with Crippen LogP contribution in [0.1, 0.15) is 27.2 Å². The molecular formula is C12H21NO2. The summed E-state index contributed by atoms with van der Waals surface area (Å²) in [5.41, 5.74) is 0.867. The van der Waals surface area contributed by atoms with Gasteiger partial charge in [-0.3, -0.25) is 4.79 Å². The maximum Gasteiger partial charge on any atom is 0.249 e. The van der Waals surface area contributed by atoms with E-state index in [1.54, 1.807) is 0 Å². The highest BCUT2D eigenvalue weighted by Crippen LogP contribution is 2.10. The lowest BCUT2D eigenvalue weighted by atomic mass is 10.1. The largest absolute Gasteiger partial charge is 0.378 e. The van der Waals surface area contributed by atoms with Gasteiger partial charge in [-0.1, -0.05) is 26.3 Å². The SMILES string of the molecule is CCC(C)/C=C(\C)C(=O)N1CCOCC1. The molecule has 3 heteroatoms. The van der Waals surface area contributed by atoms with Crippen molar-refractivity contribution in [3.8, 4) is 0 Å². The first-order valence-electron chi connectivity index (χ1n) is 5.70. The van der Waals surface area contributed by atoms with Crippen molar-refractivity contribution >= 4 is 5.91 Å². The molecule has 1 amide bonds. The first-order valence-corrected chi connectivity index (χ1v) is 5.70. The summed E-state index contributed by atoms with van der Waals surface area (Å²) in [5, 5.41) is 0. The average Bonchev–Trinajstić information content (AvgIpc) is 2.29. The van der Waals surface area contributed by atoms with E-state index in [4.69, 9.17) is 4.74 Å². The molecule has 86 valence electrons. The molecule has 0 aliphatic carbocycles. The van der Waals surface area contributed by atoms with Gasteiger partial charge in [-0.15, -0.1) is 0 Å². The fourth-order valence-corrected chi connectivity index (χ4v) is 1.63. The Balaban J connectivity index is 2.54. The third-order valence-electron chi connectivity index (χ3n) is 2.81. The van der Waals surface area contributed by atoms with E-state index in [0.717, 1.165) is 25.1 Å². The maximum absolute atomic E-state index is 12.0. The van der Waals surface area contributed by atoms with Gasteiger partial charge in [0, 0.05) is 18.7 Å². The third kappa shape index (κ3) is 3.67. The number of carbonyl (C=O) groups is 1. The van der Waals surface area contributed by atoms with Gasteiger partial charge in [-0.25, -0.2) is 0 Å². The van der Waals surface area contributed by atoms with Crippen LogP contribution < -0.4 is 0 Å². The first kappa shape index (κ1) is 12.2. The predicted molar refractivity (Wildman–Crippen MR) is 60.6 cm³/mol. The second-order valence-corrected chi connectivity index (χ2v) is 4.14. The van der Waals surface area contributed by atoms with Gasteiger partial charge in [0.25, 0.3) is 0 Å². The lowest BCUT2D eigenvalue weighted by molar-refractivity contribution is -0.131. The van der Waals surface area contributed by atoms with Gasteiger partial charge in [0.1, 0.15) is 0 Å². The molecule has 1 aliphatic heterocycles. The van der Waals surface area contributed by atoms with Gasteiger partial charge in [-0.05, 0) is 12.8 Å². The van der Waals surface area contributed by atoms with Crippen LogP contribution >= 0.6 is 0 Å². The average molecular weight is 211 g/mol. The monoisotopic (exact) mass is 211 g/mol. The smallest absolute Gasteiger partial charge is 0.249 e. The Kier molecular flexibility index (Phi) is 4.82. The standard InChI is InChI=1S/C12H21NO2/c1-4-10(2)9-11(3)12(14)13-5-7-15-8-6-13/h9-10H,4-8H2,1-3H3/b11-9+. The van der Waals surface area contributed by atoms with Crippen LogP contribution in [0.25, 0.3) is 0 Å². The predicted octanol–water partition coefficient (Wildman–Crippen LogP) is 1.84. The van der Waals surface area contributed by atoms with Gasteiger partial charge < -0.3 is 9.64 Å². The zero-order valence-electron chi connectivity index (χ0n) is 9.95. The fourth-order valence-electron chi connectivity index (χ4n) is 1.63. The highest BCUT2D eigenvalue weighted by molar-refractivity contribution is 5.92. The number of rotatable bonds is 3. The molecule has 3 nitrogen and oxygen atoms in total. The second kappa shape index (κ2) is 5.91. The van der Waals surface area contributed by atoms with Gasteiger partial charge in [0.2, 0.25) is 5.91 Å². The van der Waals surface area contributed by atoms with Crippen molar-refractivity contribution in [2.45, 2.75) is 27.2 Å². The minimum atomic E-state index is 0.165. The maximum atomic E-state index is 12.0. The number of amides is 1. The number of ether oxygens (including phenoxy) is 1. The summed E-state index contributed by atoms with van der Waals surface area (Å²) in [6, 6.07) is 0. The Hall–Kier alpha value is -0.830. The molecule has 1 rings (SSSR count). The van der Waals surface area contributed by atoms with Gasteiger partial charge in [0.15, 0.2) is 0 Å². The topological polar surface area (TPSA) is 29.5 Å². The summed E-state index contributed by atoms with van der Waals surface area (Å²) in [6.45, 7) is 8.97. The van der Waals surface area contributed by atoms with Crippen LogP contribution in [-0.2, 0) is 9.53 Å². The molecule has 1 saturated heterocycles. The first-order chi connectivity index (χ1) is 7.15. The molecule has 1 unspecified atom stereocenters. The molecule has 0 bridgehead atoms. The summed E-state index contributed by atoms with van der Waals surface area (Å²) >= 11 is 0. The molecule has 15 heavy (non-hydrogen) atoms. The van der Waals surface area contributed by atoms with Crippen molar-refractivity contribution in [1.29, 1.82) is 0 Å². The lowest BCUT2D eigenvalue weighted by Gasteiger charge is -2.27. The molecule has 0 aromatic carbocycles. The van der Waals surface area contributed by atoms with E-state index in [2.05, 4.69) is 19.9 Å². The normalized spacial score (nSPS) is 20.2. The van der Waals surface area contributed by atoms with Crippen LogP contribution in [0.15, 0.2) is 11.6 Å². The Morgan fingerprint density at radius 3 is 2.60 bits per heavy atom. The highest BCUT2D eigenvalue weighted by Gasteiger charge is 2.17. The molecule has 0 spiro atoms. The summed E-state index contributed by atoms with van der Waals surface area (Å²) in [5.74, 6) is 0.647. The number of morpholine rings is 1. The van der Waals surface area contributed by atoms with Crippen molar-refractivity contribution in [1.82, 2.24) is 4.90 Å². The van der Waals surface area contributed by atoms with Crippen molar-refractivity contribution < 1.29 is 9.53 Å². The molecular weight excluding hydrogens is 190 g/mol. The van der Waals surface area contributed by atoms with Crippen molar-refractivity contribution in [2.75, 3.05) is 26.3 Å². The Morgan fingerprint density at radius 1 is 1.47 bits per heavy atom. The van der Waals surface area contributed by atoms with E-state index in [9.17, 15) is 4.79 Å². The van der Waals surface area contributed by atoms with Crippen LogP contribution in [0.5, 0.6) is 0 Å². The zero-order chi connectivity index (χ0) is 11.3. The van der Waals surface area contributed by atoms with Crippen LogP contribution in [0.4, 0.5) is 0 Å². The number of nitrogens with zero attached hydrogens (tertiary/aromatic N) is 1. The van der Waals surface area contributed by atoms with Crippen molar-refractivity contribution in [3.63, 3.8) is 0 Å². The Bertz CT molecular complexity index is 242. The number of allylic oxidation sites excluding steroid dienone is 1. The number of hydrogen-bond acceptors (Lipinski definition) is 2. The fraction of sp³-hybridized carbons (Fsp3) is 0.750. The molecule has 1 fully saturated rings. The third-order valence-corrected chi connectivity index (χ3v) is 2.81. The summed E-state index contributed by atoms with van der Waals surface area (Å²) in [4.78, 5) is 13.8. The summed E-state index contributed by atoms with van der Waals surface area (Å²) < 4.78 is 5.22. The summed E-state index contributed by atoms with van der Waals surface area (Å²) in [7, 11) is 0. The number of carbonyl (C=O) groups excluding carboxylic acids is 1. The van der Waals surface area contributed by atoms with E-state index in [0.29, 0.717) is 19.1 Å². The van der Waals surface area contributed by atoms with Crippen LogP contribution in [0, 0.1) is 5.92 Å². The molecule has 1 heterocycles. The molecule has 0 saturated carbocycles. The molecule has 0 radical (unpaired) electrons. The van der Waals surface area contributed by atoms with Crippen LogP contribution in [-0.4, -0.2) is 37.1 Å². The molecule has 0 N–H and O–H groups in total. The van der Waals surface area contributed by atoms with Gasteiger partial charge in [-0.2, -0.15) is 0 Å². The van der Waals surface area contributed by atoms with E-state index in [1.807, 2.05) is 11.8 Å². The van der Waals surface area contributed by atoms with Crippen LogP contribution in [0.3, 0.4) is 0 Å².